The molecule has 0 atom stereocenters. The van der Waals surface area contributed by atoms with E-state index in [1.807, 2.05) is 6.07 Å². The molecule has 184 valence electrons. The van der Waals surface area contributed by atoms with Crippen LogP contribution in [0.3, 0.4) is 0 Å². The summed E-state index contributed by atoms with van der Waals surface area (Å²) in [5.41, 5.74) is 1.49. The van der Waals surface area contributed by atoms with E-state index in [0.717, 1.165) is 0 Å². The summed E-state index contributed by atoms with van der Waals surface area (Å²) in [7, 11) is -3.68. The van der Waals surface area contributed by atoms with Crippen LogP contribution in [0.15, 0.2) is 88.2 Å². The van der Waals surface area contributed by atoms with E-state index in [-0.39, 0.29) is 35.0 Å². The predicted octanol–water partition coefficient (Wildman–Crippen LogP) is 3.96. The molecule has 2 N–H and O–H groups in total. The van der Waals surface area contributed by atoms with Crippen molar-refractivity contribution in [1.29, 1.82) is 0 Å². The summed E-state index contributed by atoms with van der Waals surface area (Å²) >= 11 is 0. The number of nitrogens with one attached hydrogen (secondary N) is 2. The van der Waals surface area contributed by atoms with Gasteiger partial charge in [-0.05, 0) is 48.5 Å². The fraction of sp³-hybridized carbons (Fsp3) is 0.154. The molecule has 3 aromatic carbocycles. The molecule has 1 saturated heterocycles. The highest BCUT2D eigenvalue weighted by atomic mass is 32.2. The topological polar surface area (TPSA) is 118 Å². The lowest BCUT2D eigenvalue weighted by Gasteiger charge is -2.26. The number of hydrogen-bond acceptors (Lipinski definition) is 6. The number of sulfonamides is 1. The van der Waals surface area contributed by atoms with Gasteiger partial charge in [-0.2, -0.15) is 4.31 Å². The lowest BCUT2D eigenvalue weighted by Crippen LogP contribution is -2.40. The molecule has 1 aromatic heterocycles. The van der Waals surface area contributed by atoms with Crippen LogP contribution < -0.4 is 10.6 Å². The summed E-state index contributed by atoms with van der Waals surface area (Å²) in [5.74, 6) is -1.06. The number of anilines is 2. The monoisotopic (exact) mass is 505 g/mol. The molecule has 2 amide bonds. The van der Waals surface area contributed by atoms with Crippen LogP contribution in [0.1, 0.15) is 20.9 Å². The Balaban J connectivity index is 1.40. The van der Waals surface area contributed by atoms with Crippen LogP contribution in [0.5, 0.6) is 0 Å². The molecule has 10 heteroatoms. The van der Waals surface area contributed by atoms with Gasteiger partial charge in [0, 0.05) is 29.7 Å². The first-order valence-electron chi connectivity index (χ1n) is 11.3. The number of furan rings is 1. The molecule has 0 radical (unpaired) electrons. The van der Waals surface area contributed by atoms with Gasteiger partial charge < -0.3 is 19.8 Å². The largest absolute Gasteiger partial charge is 0.449 e. The van der Waals surface area contributed by atoms with Crippen LogP contribution in [0.4, 0.5) is 11.4 Å². The third-order valence-electron chi connectivity index (χ3n) is 5.80. The normalized spacial score (nSPS) is 14.4. The van der Waals surface area contributed by atoms with E-state index in [1.165, 1.54) is 28.6 Å². The van der Waals surface area contributed by atoms with Gasteiger partial charge in [-0.3, -0.25) is 9.59 Å². The smallest absolute Gasteiger partial charge is 0.293 e. The maximum atomic E-state index is 13.1. The van der Waals surface area contributed by atoms with Gasteiger partial charge >= 0.3 is 0 Å². The second-order valence-corrected chi connectivity index (χ2v) is 10.1. The highest BCUT2D eigenvalue weighted by molar-refractivity contribution is 7.89. The maximum absolute atomic E-state index is 13.1. The van der Waals surface area contributed by atoms with Crippen molar-refractivity contribution in [2.75, 3.05) is 36.9 Å². The number of carbonyl (C=O) groups excluding carboxylic acids is 2. The van der Waals surface area contributed by atoms with E-state index in [2.05, 4.69) is 10.6 Å². The molecule has 0 aliphatic carbocycles. The minimum Gasteiger partial charge on any atom is -0.449 e. The molecular weight excluding hydrogens is 482 g/mol. The Morgan fingerprint density at radius 3 is 2.17 bits per heavy atom. The van der Waals surface area contributed by atoms with Crippen molar-refractivity contribution >= 4 is 44.2 Å². The highest BCUT2D eigenvalue weighted by Gasteiger charge is 2.27. The average Bonchev–Trinajstić information content (AvgIpc) is 3.28. The number of amides is 2. The van der Waals surface area contributed by atoms with Crippen LogP contribution in [-0.2, 0) is 14.8 Å². The van der Waals surface area contributed by atoms with E-state index >= 15 is 0 Å². The number of fused-ring (bicyclic) bond motifs is 1. The summed E-state index contributed by atoms with van der Waals surface area (Å²) in [6.45, 7) is 1.26. The van der Waals surface area contributed by atoms with Gasteiger partial charge in [0.25, 0.3) is 11.8 Å². The molecule has 9 nitrogen and oxygen atoms in total. The number of morpholine rings is 1. The lowest BCUT2D eigenvalue weighted by molar-refractivity contribution is 0.0730. The molecule has 0 spiro atoms. The first kappa shape index (κ1) is 23.7. The number of nitrogens with zero attached hydrogens (tertiary/aromatic N) is 1. The van der Waals surface area contributed by atoms with Crippen molar-refractivity contribution in [1.82, 2.24) is 4.31 Å². The molecule has 5 rings (SSSR count). The number of rotatable bonds is 6. The molecule has 0 bridgehead atoms. The fourth-order valence-electron chi connectivity index (χ4n) is 3.94. The van der Waals surface area contributed by atoms with Crippen molar-refractivity contribution in [2.24, 2.45) is 0 Å². The summed E-state index contributed by atoms with van der Waals surface area (Å²) in [6, 6.07) is 21.6. The minimum atomic E-state index is -3.68. The zero-order chi connectivity index (χ0) is 25.1. The van der Waals surface area contributed by atoms with Crippen molar-refractivity contribution in [2.45, 2.75) is 4.90 Å². The first-order chi connectivity index (χ1) is 17.4. The molecule has 4 aromatic rings. The highest BCUT2D eigenvalue weighted by Crippen LogP contribution is 2.32. The third-order valence-corrected chi connectivity index (χ3v) is 7.71. The van der Waals surface area contributed by atoms with Crippen molar-refractivity contribution in [3.05, 3.63) is 90.2 Å². The fourth-order valence-corrected chi connectivity index (χ4v) is 5.35. The average molecular weight is 506 g/mol. The Hall–Kier alpha value is -3.99. The summed E-state index contributed by atoms with van der Waals surface area (Å²) in [5, 5.41) is 6.10. The Kier molecular flexibility index (Phi) is 6.55. The molecular formula is C26H23N3O6S. The second kappa shape index (κ2) is 9.94. The number of para-hydroxylation sites is 2. The van der Waals surface area contributed by atoms with Crippen LogP contribution in [-0.4, -0.2) is 50.8 Å². The summed E-state index contributed by atoms with van der Waals surface area (Å²) in [6.07, 6.45) is 0. The van der Waals surface area contributed by atoms with Crippen molar-refractivity contribution < 1.29 is 27.2 Å². The van der Waals surface area contributed by atoms with Gasteiger partial charge in [0.15, 0.2) is 0 Å². The Bertz CT molecular complexity index is 1510. The van der Waals surface area contributed by atoms with E-state index in [0.29, 0.717) is 29.9 Å². The number of benzene rings is 3. The lowest BCUT2D eigenvalue weighted by atomic mass is 10.1. The zero-order valence-corrected chi connectivity index (χ0v) is 20.0. The van der Waals surface area contributed by atoms with Gasteiger partial charge in [-0.15, -0.1) is 0 Å². The first-order valence-corrected chi connectivity index (χ1v) is 12.7. The standard InChI is InChI=1S/C26H23N3O6S/c30-25(18-10-12-20(13-11-18)36(32,33)29-14-16-34-17-15-29)28-23-21-8-4-5-9-22(21)35-24(23)26(31)27-19-6-2-1-3-7-19/h1-13H,14-17H2,(H,27,31)(H,28,30). The van der Waals surface area contributed by atoms with E-state index < -0.39 is 21.8 Å². The number of ether oxygens (including phenoxy) is 1. The maximum Gasteiger partial charge on any atom is 0.293 e. The van der Waals surface area contributed by atoms with Crippen molar-refractivity contribution in [3.63, 3.8) is 0 Å². The minimum absolute atomic E-state index is 0.0417. The Morgan fingerprint density at radius 2 is 1.44 bits per heavy atom. The quantitative estimate of drug-likeness (QED) is 0.410. The van der Waals surface area contributed by atoms with Crippen molar-refractivity contribution in [3.8, 4) is 0 Å². The Morgan fingerprint density at radius 1 is 0.778 bits per heavy atom. The zero-order valence-electron chi connectivity index (χ0n) is 19.1. The second-order valence-electron chi connectivity index (χ2n) is 8.12. The van der Waals surface area contributed by atoms with E-state index in [4.69, 9.17) is 9.15 Å². The molecule has 0 unspecified atom stereocenters. The summed E-state index contributed by atoms with van der Waals surface area (Å²) in [4.78, 5) is 26.2. The van der Waals surface area contributed by atoms with E-state index in [9.17, 15) is 18.0 Å². The van der Waals surface area contributed by atoms with Crippen LogP contribution >= 0.6 is 0 Å². The Labute approximate surface area is 207 Å². The summed E-state index contributed by atoms with van der Waals surface area (Å²) < 4.78 is 38.1. The number of hydrogen-bond donors (Lipinski definition) is 2. The van der Waals surface area contributed by atoms with Crippen LogP contribution in [0.2, 0.25) is 0 Å². The van der Waals surface area contributed by atoms with Gasteiger partial charge in [0.1, 0.15) is 11.3 Å². The third kappa shape index (κ3) is 4.74. The molecule has 1 aliphatic rings. The molecule has 1 fully saturated rings. The van der Waals surface area contributed by atoms with Gasteiger partial charge in [-0.25, -0.2) is 8.42 Å². The van der Waals surface area contributed by atoms with Gasteiger partial charge in [-0.1, -0.05) is 30.3 Å². The van der Waals surface area contributed by atoms with E-state index in [1.54, 1.807) is 48.5 Å². The molecule has 2 heterocycles. The molecule has 0 saturated carbocycles. The van der Waals surface area contributed by atoms with Crippen LogP contribution in [0.25, 0.3) is 11.0 Å². The van der Waals surface area contributed by atoms with Gasteiger partial charge in [0.05, 0.1) is 18.1 Å². The van der Waals surface area contributed by atoms with Gasteiger partial charge in [0.2, 0.25) is 15.8 Å². The predicted molar refractivity (Wildman–Crippen MR) is 135 cm³/mol. The molecule has 36 heavy (non-hydrogen) atoms. The number of carbonyl (C=O) groups is 2. The molecule has 1 aliphatic heterocycles. The van der Waals surface area contributed by atoms with Crippen LogP contribution in [0, 0.1) is 0 Å². The SMILES string of the molecule is O=C(Nc1c(C(=O)Nc2ccccc2)oc2ccccc12)c1ccc(S(=O)(=O)N2CCOCC2)cc1.